The average Bonchev–Trinajstić information content (AvgIpc) is 2.74. The molecule has 0 aliphatic heterocycles. The van der Waals surface area contributed by atoms with Gasteiger partial charge in [0.2, 0.25) is 0 Å². The van der Waals surface area contributed by atoms with E-state index in [4.69, 9.17) is 9.97 Å². The first-order chi connectivity index (χ1) is 41.6. The molecule has 0 fully saturated rings. The molecule has 0 saturated heterocycles. The highest BCUT2D eigenvalue weighted by Gasteiger charge is 2.23. The van der Waals surface area contributed by atoms with Gasteiger partial charge in [-0.3, -0.25) is 0 Å². The van der Waals surface area contributed by atoms with Crippen molar-refractivity contribution >= 4 is 160 Å². The van der Waals surface area contributed by atoms with Crippen molar-refractivity contribution in [3.05, 3.63) is 261 Å². The maximum atomic E-state index is 5.56. The molecule has 0 aliphatic carbocycles. The van der Waals surface area contributed by atoms with Crippen molar-refractivity contribution in [2.24, 2.45) is 0 Å². The summed E-state index contributed by atoms with van der Waals surface area (Å²) >= 11 is 5.63. The molecule has 7 heterocycles. The van der Waals surface area contributed by atoms with E-state index in [2.05, 4.69) is 275 Å². The minimum atomic E-state index is 0.659. The molecule has 390 valence electrons. The van der Waals surface area contributed by atoms with Crippen LogP contribution in [0, 0.1) is 0 Å². The topological polar surface area (TPSA) is 40.6 Å². The predicted molar refractivity (Wildman–Crippen MR) is 360 cm³/mol. The zero-order chi connectivity index (χ0) is 54.7. The molecule has 0 N–H and O–H groups in total. The second-order valence-electron chi connectivity index (χ2n) is 22.0. The summed E-state index contributed by atoms with van der Waals surface area (Å²) in [4.78, 5) is 11.1. The Morgan fingerprint density at radius 3 is 0.988 bits per heavy atom. The van der Waals surface area contributed by atoms with E-state index in [0.717, 1.165) is 45.1 Å². The summed E-state index contributed by atoms with van der Waals surface area (Å²) in [5, 5.41) is 15.2. The smallest absolute Gasteiger partial charge is 0.160 e. The molecule has 19 rings (SSSR count). The van der Waals surface area contributed by atoms with Crippen LogP contribution in [0.3, 0.4) is 0 Å². The fraction of sp³-hybridized carbons (Fsp3) is 0. The standard InChI is InChI=1S/C76H43N5S3/c1-7-25-64-50(19-1)56-35-38-59-53-22-4-10-28-67(53)82-73(59)70(56)79(64)47-33-31-44(32-34-47)76-77-62(45-15-13-17-48(41-45)80-65-26-8-2-20-51(65)57-36-39-60-54-23-5-11-29-68(54)83-74(60)71(57)80)43-63(78-76)46-16-14-18-49(42-46)81-66-27-9-3-21-52(66)58-37-40-61-55-24-6-12-30-69(55)84-75(61)72(58)81/h1-43H. The molecule has 12 aromatic carbocycles. The van der Waals surface area contributed by atoms with Crippen molar-refractivity contribution in [1.82, 2.24) is 23.7 Å². The largest absolute Gasteiger partial charge is 0.308 e. The maximum Gasteiger partial charge on any atom is 0.160 e. The van der Waals surface area contributed by atoms with E-state index in [9.17, 15) is 0 Å². The molecule has 0 spiro atoms. The summed E-state index contributed by atoms with van der Waals surface area (Å²) in [6, 6.07) is 95.7. The molecule has 0 radical (unpaired) electrons. The van der Waals surface area contributed by atoms with Crippen LogP contribution in [0.1, 0.15) is 0 Å². The lowest BCUT2D eigenvalue weighted by molar-refractivity contribution is 1.16. The van der Waals surface area contributed by atoms with Gasteiger partial charge in [0.25, 0.3) is 0 Å². The van der Waals surface area contributed by atoms with Gasteiger partial charge in [-0.1, -0.05) is 170 Å². The lowest BCUT2D eigenvalue weighted by atomic mass is 10.0. The molecule has 0 saturated carbocycles. The van der Waals surface area contributed by atoms with Gasteiger partial charge >= 0.3 is 0 Å². The van der Waals surface area contributed by atoms with E-state index in [1.165, 1.54) is 126 Å². The summed E-state index contributed by atoms with van der Waals surface area (Å²) in [6.07, 6.45) is 0. The minimum Gasteiger partial charge on any atom is -0.308 e. The van der Waals surface area contributed by atoms with E-state index in [0.29, 0.717) is 5.82 Å². The number of thiophene rings is 3. The van der Waals surface area contributed by atoms with E-state index in [-0.39, 0.29) is 0 Å². The molecule has 0 bridgehead atoms. The Morgan fingerprint density at radius 1 is 0.238 bits per heavy atom. The van der Waals surface area contributed by atoms with Crippen LogP contribution in [-0.4, -0.2) is 23.7 Å². The zero-order valence-electron chi connectivity index (χ0n) is 44.8. The second-order valence-corrected chi connectivity index (χ2v) is 25.1. The van der Waals surface area contributed by atoms with Crippen LogP contribution in [0.4, 0.5) is 0 Å². The van der Waals surface area contributed by atoms with Gasteiger partial charge in [-0.15, -0.1) is 34.0 Å². The molecular formula is C76H43N5S3. The van der Waals surface area contributed by atoms with Gasteiger partial charge in [0.15, 0.2) is 5.82 Å². The molecule has 8 heteroatoms. The van der Waals surface area contributed by atoms with Crippen molar-refractivity contribution in [2.45, 2.75) is 0 Å². The number of benzene rings is 12. The monoisotopic (exact) mass is 1120 g/mol. The number of nitrogens with zero attached hydrogens (tertiary/aromatic N) is 5. The molecule has 5 nitrogen and oxygen atoms in total. The predicted octanol–water partition coefficient (Wildman–Crippen LogP) is 21.9. The lowest BCUT2D eigenvalue weighted by Gasteiger charge is -2.14. The third-order valence-corrected chi connectivity index (χ3v) is 21.0. The first kappa shape index (κ1) is 46.4. The fourth-order valence-electron chi connectivity index (χ4n) is 13.7. The molecule has 19 aromatic rings. The Kier molecular flexibility index (Phi) is 9.75. The molecule has 0 unspecified atom stereocenters. The van der Waals surface area contributed by atoms with E-state index >= 15 is 0 Å². The Labute approximate surface area is 492 Å². The Bertz CT molecular complexity index is 5750. The highest BCUT2D eigenvalue weighted by Crippen LogP contribution is 2.47. The quantitative estimate of drug-likeness (QED) is 0.166. The highest BCUT2D eigenvalue weighted by atomic mass is 32.1. The molecule has 0 atom stereocenters. The number of para-hydroxylation sites is 3. The van der Waals surface area contributed by atoms with E-state index in [1.54, 1.807) is 0 Å². The van der Waals surface area contributed by atoms with E-state index < -0.39 is 0 Å². The fourth-order valence-corrected chi connectivity index (χ4v) is 17.5. The summed E-state index contributed by atoms with van der Waals surface area (Å²) < 4.78 is 15.1. The van der Waals surface area contributed by atoms with Crippen molar-refractivity contribution in [3.8, 4) is 51.0 Å². The average molecular weight is 1120 g/mol. The van der Waals surface area contributed by atoms with Gasteiger partial charge in [-0.05, 0) is 91.0 Å². The van der Waals surface area contributed by atoms with Gasteiger partial charge in [0.05, 0.1) is 58.6 Å². The van der Waals surface area contributed by atoms with Crippen molar-refractivity contribution < 1.29 is 0 Å². The molecule has 0 amide bonds. The number of fused-ring (bicyclic) bond motifs is 21. The van der Waals surface area contributed by atoms with Gasteiger partial charge < -0.3 is 13.7 Å². The van der Waals surface area contributed by atoms with Crippen LogP contribution >= 0.6 is 34.0 Å². The lowest BCUT2D eigenvalue weighted by Crippen LogP contribution is -1.99. The summed E-state index contributed by atoms with van der Waals surface area (Å²) in [5.41, 5.74) is 15.1. The summed E-state index contributed by atoms with van der Waals surface area (Å²) in [6.45, 7) is 0. The minimum absolute atomic E-state index is 0.659. The Balaban J connectivity index is 0.816. The first-order valence-corrected chi connectivity index (χ1v) is 30.8. The number of hydrogen-bond donors (Lipinski definition) is 0. The highest BCUT2D eigenvalue weighted by molar-refractivity contribution is 7.27. The first-order valence-electron chi connectivity index (χ1n) is 28.4. The molecule has 0 aliphatic rings. The SMILES string of the molecule is c1cc(-c2cc(-c3cccc(-n4c5ccccc5c5ccc6c7ccccc7sc6c54)c3)nc(-c3ccc(-n4c5ccccc5c5ccc6c7ccccc7sc6c54)cc3)n2)cc(-n2c3ccccc3c3ccc4c5ccccc5sc4c32)c1. The van der Waals surface area contributed by atoms with Crippen molar-refractivity contribution in [1.29, 1.82) is 0 Å². The number of rotatable bonds is 6. The maximum absolute atomic E-state index is 5.56. The van der Waals surface area contributed by atoms with Crippen LogP contribution in [0.5, 0.6) is 0 Å². The second kappa shape index (κ2) is 17.6. The van der Waals surface area contributed by atoms with Crippen LogP contribution in [0.15, 0.2) is 261 Å². The Morgan fingerprint density at radius 2 is 0.583 bits per heavy atom. The number of hydrogen-bond acceptors (Lipinski definition) is 5. The summed E-state index contributed by atoms with van der Waals surface area (Å²) in [5.74, 6) is 0.659. The molecule has 7 aromatic heterocycles. The normalized spacial score (nSPS) is 12.3. The van der Waals surface area contributed by atoms with Gasteiger partial charge in [-0.2, -0.15) is 0 Å². The van der Waals surface area contributed by atoms with Crippen LogP contribution in [0.2, 0.25) is 0 Å². The van der Waals surface area contributed by atoms with Crippen LogP contribution in [-0.2, 0) is 0 Å². The van der Waals surface area contributed by atoms with Gasteiger partial charge in [0, 0.05) is 112 Å². The molecule has 84 heavy (non-hydrogen) atoms. The zero-order valence-corrected chi connectivity index (χ0v) is 47.2. The third kappa shape index (κ3) is 6.64. The van der Waals surface area contributed by atoms with Crippen LogP contribution < -0.4 is 0 Å². The third-order valence-electron chi connectivity index (χ3n) is 17.4. The van der Waals surface area contributed by atoms with Crippen molar-refractivity contribution in [3.63, 3.8) is 0 Å². The van der Waals surface area contributed by atoms with Crippen LogP contribution in [0.25, 0.3) is 177 Å². The van der Waals surface area contributed by atoms with Gasteiger partial charge in [-0.25, -0.2) is 9.97 Å². The molecular weight excluding hydrogens is 1080 g/mol. The van der Waals surface area contributed by atoms with Gasteiger partial charge in [0.1, 0.15) is 0 Å². The van der Waals surface area contributed by atoms with Crippen molar-refractivity contribution in [2.75, 3.05) is 0 Å². The Hall–Kier alpha value is -10.2. The number of aromatic nitrogens is 5. The summed E-state index contributed by atoms with van der Waals surface area (Å²) in [7, 11) is 0. The van der Waals surface area contributed by atoms with E-state index in [1.807, 2.05) is 34.0 Å².